The smallest absolute Gasteiger partial charge is 0.345 e. The molecule has 0 saturated heterocycles. The summed E-state index contributed by atoms with van der Waals surface area (Å²) in [5, 5.41) is 11.1. The molecule has 0 aliphatic carbocycles. The van der Waals surface area contributed by atoms with E-state index in [9.17, 15) is 4.79 Å². The molecule has 0 bridgehead atoms. The largest absolute Gasteiger partial charge is 0.496 e. The van der Waals surface area contributed by atoms with Gasteiger partial charge in [0.25, 0.3) is 0 Å². The number of guanidine groups is 1. The van der Waals surface area contributed by atoms with Crippen LogP contribution in [-0.2, 0) is 25.9 Å². The zero-order valence-corrected chi connectivity index (χ0v) is 17.7. The molecule has 0 unspecified atom stereocenters. The second-order valence-corrected chi connectivity index (χ2v) is 7.36. The summed E-state index contributed by atoms with van der Waals surface area (Å²) in [4.78, 5) is 16.6. The third-order valence-corrected chi connectivity index (χ3v) is 5.27. The second-order valence-electron chi connectivity index (χ2n) is 7.36. The maximum atomic E-state index is 12.3. The Bertz CT molecular complexity index is 899. The van der Waals surface area contributed by atoms with Crippen LogP contribution in [0, 0.1) is 6.92 Å². The van der Waals surface area contributed by atoms with E-state index in [4.69, 9.17) is 4.74 Å². The highest BCUT2D eigenvalue weighted by atomic mass is 16.5. The van der Waals surface area contributed by atoms with Gasteiger partial charge in [-0.25, -0.2) is 9.48 Å². The molecule has 1 aromatic heterocycles. The average Bonchev–Trinajstić information content (AvgIpc) is 3.06. The summed E-state index contributed by atoms with van der Waals surface area (Å²) >= 11 is 0. The van der Waals surface area contributed by atoms with Gasteiger partial charge in [-0.2, -0.15) is 5.10 Å². The lowest BCUT2D eigenvalue weighted by Gasteiger charge is -2.12. The lowest BCUT2D eigenvalue weighted by molar-refractivity contribution is 0.411. The highest BCUT2D eigenvalue weighted by Crippen LogP contribution is 2.19. The Kier molecular flexibility index (Phi) is 7.32. The molecule has 8 nitrogen and oxygen atoms in total. The first-order valence-electron chi connectivity index (χ1n) is 10.4. The highest BCUT2D eigenvalue weighted by Gasteiger charge is 2.16. The number of methoxy groups -OCH3 is 1. The van der Waals surface area contributed by atoms with Gasteiger partial charge in [0.2, 0.25) is 0 Å². The maximum absolute atomic E-state index is 12.3. The molecule has 2 heterocycles. The number of rotatable bonds is 8. The number of aryl methyl sites for hydroxylation is 3. The van der Waals surface area contributed by atoms with E-state index in [0.29, 0.717) is 6.54 Å². The van der Waals surface area contributed by atoms with Crippen molar-refractivity contribution in [1.29, 1.82) is 0 Å². The van der Waals surface area contributed by atoms with Crippen LogP contribution in [0.2, 0.25) is 0 Å². The van der Waals surface area contributed by atoms with Gasteiger partial charge in [-0.15, -0.1) is 0 Å². The first kappa shape index (κ1) is 21.0. The van der Waals surface area contributed by atoms with Crippen LogP contribution in [0.4, 0.5) is 0 Å². The summed E-state index contributed by atoms with van der Waals surface area (Å²) in [6.07, 6.45) is 4.79. The lowest BCUT2D eigenvalue weighted by Crippen LogP contribution is -2.39. The molecule has 158 valence electrons. The minimum atomic E-state index is 0.0238. The van der Waals surface area contributed by atoms with E-state index in [1.807, 2.05) is 11.5 Å². The van der Waals surface area contributed by atoms with Crippen molar-refractivity contribution in [3.05, 3.63) is 45.6 Å². The van der Waals surface area contributed by atoms with Crippen molar-refractivity contribution in [1.82, 2.24) is 25.0 Å². The van der Waals surface area contributed by atoms with Crippen molar-refractivity contribution in [2.24, 2.45) is 4.99 Å². The Morgan fingerprint density at radius 1 is 1.28 bits per heavy atom. The summed E-state index contributed by atoms with van der Waals surface area (Å²) < 4.78 is 8.80. The fourth-order valence-corrected chi connectivity index (χ4v) is 3.60. The van der Waals surface area contributed by atoms with Crippen LogP contribution in [-0.4, -0.2) is 47.6 Å². The van der Waals surface area contributed by atoms with Gasteiger partial charge >= 0.3 is 5.69 Å². The summed E-state index contributed by atoms with van der Waals surface area (Å²) in [5.74, 6) is 2.61. The van der Waals surface area contributed by atoms with Crippen LogP contribution in [0.1, 0.15) is 36.2 Å². The van der Waals surface area contributed by atoms with Crippen molar-refractivity contribution in [2.45, 2.75) is 52.1 Å². The number of nitrogens with one attached hydrogen (secondary N) is 2. The number of benzene rings is 1. The number of fused-ring (bicyclic) bond motifs is 1. The Labute approximate surface area is 172 Å². The predicted octanol–water partition coefficient (Wildman–Crippen LogP) is 1.50. The van der Waals surface area contributed by atoms with Crippen LogP contribution in [0.3, 0.4) is 0 Å². The molecule has 0 radical (unpaired) electrons. The van der Waals surface area contributed by atoms with E-state index < -0.39 is 0 Å². The predicted molar refractivity (Wildman–Crippen MR) is 115 cm³/mol. The number of hydrogen-bond donors (Lipinski definition) is 2. The molecular formula is C21H32N6O2. The molecule has 1 aromatic carbocycles. The molecule has 8 heteroatoms. The Morgan fingerprint density at radius 3 is 2.86 bits per heavy atom. The molecule has 0 atom stereocenters. The fourth-order valence-electron chi connectivity index (χ4n) is 3.60. The van der Waals surface area contributed by atoms with Gasteiger partial charge in [0.1, 0.15) is 11.6 Å². The van der Waals surface area contributed by atoms with Gasteiger partial charge < -0.3 is 15.4 Å². The Hall–Kier alpha value is -2.77. The van der Waals surface area contributed by atoms with Crippen molar-refractivity contribution in [3.8, 4) is 5.75 Å². The third kappa shape index (κ3) is 5.40. The molecule has 0 fully saturated rings. The van der Waals surface area contributed by atoms with Crippen molar-refractivity contribution < 1.29 is 4.74 Å². The molecule has 29 heavy (non-hydrogen) atoms. The van der Waals surface area contributed by atoms with Crippen LogP contribution in [0.15, 0.2) is 28.0 Å². The molecular weight excluding hydrogens is 368 g/mol. The summed E-state index contributed by atoms with van der Waals surface area (Å²) in [5.41, 5.74) is 2.38. The van der Waals surface area contributed by atoms with Crippen molar-refractivity contribution in [3.63, 3.8) is 0 Å². The van der Waals surface area contributed by atoms with E-state index in [0.717, 1.165) is 74.8 Å². The minimum absolute atomic E-state index is 0.0238. The third-order valence-electron chi connectivity index (χ3n) is 5.27. The fraction of sp³-hybridized carbons (Fsp3) is 0.571. The van der Waals surface area contributed by atoms with E-state index in [2.05, 4.69) is 38.9 Å². The molecule has 0 saturated carbocycles. The maximum Gasteiger partial charge on any atom is 0.345 e. The molecule has 1 aliphatic heterocycles. The molecule has 1 aliphatic rings. The molecule has 2 aromatic rings. The van der Waals surface area contributed by atoms with Crippen LogP contribution in [0.5, 0.6) is 5.75 Å². The quantitative estimate of drug-likeness (QED) is 0.398. The van der Waals surface area contributed by atoms with Crippen molar-refractivity contribution >= 4 is 5.96 Å². The van der Waals surface area contributed by atoms with E-state index >= 15 is 0 Å². The first-order valence-corrected chi connectivity index (χ1v) is 10.4. The van der Waals surface area contributed by atoms with Crippen LogP contribution in [0.25, 0.3) is 0 Å². The highest BCUT2D eigenvalue weighted by molar-refractivity contribution is 5.79. The zero-order valence-electron chi connectivity index (χ0n) is 17.7. The van der Waals surface area contributed by atoms with Crippen LogP contribution >= 0.6 is 0 Å². The van der Waals surface area contributed by atoms with Gasteiger partial charge in [-0.3, -0.25) is 9.56 Å². The van der Waals surface area contributed by atoms with Gasteiger partial charge in [0.15, 0.2) is 5.96 Å². The number of aromatic nitrogens is 3. The first-order chi connectivity index (χ1) is 14.1. The second kappa shape index (κ2) is 10.1. The average molecular weight is 401 g/mol. The Balaban J connectivity index is 1.40. The number of nitrogens with zero attached hydrogens (tertiary/aromatic N) is 4. The number of hydrogen-bond acceptors (Lipinski definition) is 4. The zero-order chi connectivity index (χ0) is 20.6. The van der Waals surface area contributed by atoms with E-state index in [1.54, 1.807) is 18.8 Å². The van der Waals surface area contributed by atoms with Crippen molar-refractivity contribution in [2.75, 3.05) is 27.2 Å². The van der Waals surface area contributed by atoms with Gasteiger partial charge in [-0.05, 0) is 49.8 Å². The monoisotopic (exact) mass is 400 g/mol. The lowest BCUT2D eigenvalue weighted by atomic mass is 10.1. The normalized spacial score (nSPS) is 13.8. The van der Waals surface area contributed by atoms with Gasteiger partial charge in [0.05, 0.1) is 7.11 Å². The van der Waals surface area contributed by atoms with E-state index in [1.165, 1.54) is 5.56 Å². The summed E-state index contributed by atoms with van der Waals surface area (Å²) in [7, 11) is 3.46. The summed E-state index contributed by atoms with van der Waals surface area (Å²) in [6.45, 7) is 4.97. The number of aliphatic imine (C=N–C) groups is 1. The molecule has 0 amide bonds. The summed E-state index contributed by atoms with van der Waals surface area (Å²) in [6, 6.07) is 6.28. The minimum Gasteiger partial charge on any atom is -0.496 e. The van der Waals surface area contributed by atoms with Crippen LogP contribution < -0.4 is 21.1 Å². The van der Waals surface area contributed by atoms with Gasteiger partial charge in [-0.1, -0.05) is 12.1 Å². The topological polar surface area (TPSA) is 85.5 Å². The standard InChI is InChI=1S/C21H32N6O2/c1-16-8-9-17(15-18(16)29-3)10-12-24-20(22-2)23-11-6-14-27-21(28)26-13-5-4-7-19(26)25-27/h8-9,15H,4-7,10-14H2,1-3H3,(H2,22,23,24). The molecule has 0 spiro atoms. The number of ether oxygens (including phenoxy) is 1. The van der Waals surface area contributed by atoms with E-state index in [-0.39, 0.29) is 5.69 Å². The SMILES string of the molecule is CN=C(NCCCn1nc2n(c1=O)CCCC2)NCCc1ccc(C)c(OC)c1. The Morgan fingerprint density at radius 2 is 2.10 bits per heavy atom. The van der Waals surface area contributed by atoms with Gasteiger partial charge in [0, 0.05) is 39.6 Å². The molecule has 3 rings (SSSR count). The molecule has 2 N–H and O–H groups in total.